The van der Waals surface area contributed by atoms with Crippen LogP contribution in [-0.4, -0.2) is 24.0 Å². The summed E-state index contributed by atoms with van der Waals surface area (Å²) in [6.45, 7) is 15.5. The fourth-order valence-electron chi connectivity index (χ4n) is 4.07. The Morgan fingerprint density at radius 3 is 2.64 bits per heavy atom. The summed E-state index contributed by atoms with van der Waals surface area (Å²) in [5, 5.41) is 6.88. The third kappa shape index (κ3) is 3.63. The molecule has 0 aliphatic carbocycles. The van der Waals surface area contributed by atoms with Crippen LogP contribution in [0.4, 0.5) is 11.4 Å². The van der Waals surface area contributed by atoms with Gasteiger partial charge in [-0.25, -0.2) is 0 Å². The van der Waals surface area contributed by atoms with Crippen molar-refractivity contribution in [3.8, 4) is 0 Å². The quantitative estimate of drug-likeness (QED) is 0.739. The van der Waals surface area contributed by atoms with Crippen LogP contribution in [0.15, 0.2) is 91.5 Å². The van der Waals surface area contributed by atoms with Crippen LogP contribution in [-0.2, 0) is 6.54 Å². The molecule has 0 amide bonds. The Morgan fingerprint density at radius 2 is 1.82 bits per heavy atom. The third-order valence-electron chi connectivity index (χ3n) is 5.56. The second kappa shape index (κ2) is 7.85. The van der Waals surface area contributed by atoms with Crippen LogP contribution in [0, 0.1) is 0 Å². The minimum atomic E-state index is 0.287. The summed E-state index contributed by atoms with van der Waals surface area (Å²) >= 11 is 0. The number of hydrogen-bond donors (Lipinski definition) is 2. The van der Waals surface area contributed by atoms with Gasteiger partial charge in [0, 0.05) is 24.5 Å². The van der Waals surface area contributed by atoms with Crippen molar-refractivity contribution in [2.45, 2.75) is 25.4 Å². The molecule has 2 aliphatic rings. The number of nitrogens with one attached hydrogen (secondary N) is 2. The molecular formula is C24H28N4. The first kappa shape index (κ1) is 18.2. The minimum Gasteiger partial charge on any atom is -0.383 e. The highest BCUT2D eigenvalue weighted by Gasteiger charge is 2.30. The normalized spacial score (nSPS) is 18.0. The van der Waals surface area contributed by atoms with Crippen LogP contribution in [0.1, 0.15) is 18.4 Å². The maximum absolute atomic E-state index is 4.40. The molecule has 4 nitrogen and oxygen atoms in total. The van der Waals surface area contributed by atoms with Gasteiger partial charge in [0.25, 0.3) is 0 Å². The second-order valence-electron chi connectivity index (χ2n) is 7.46. The zero-order valence-electron chi connectivity index (χ0n) is 16.3. The summed E-state index contributed by atoms with van der Waals surface area (Å²) < 4.78 is 0. The van der Waals surface area contributed by atoms with Gasteiger partial charge in [0.1, 0.15) is 5.82 Å². The summed E-state index contributed by atoms with van der Waals surface area (Å²) in [7, 11) is 0. The standard InChI is InChI=1S/C24H28N4/c1-18(17-28-20(3)26-22-12-7-8-13-24(22)28)27-15-9-14-23(27)19(2)25-16-21-10-5-4-6-11-21/h4-8,10-13,23,25-26H,1-3,9,14-17H2. The van der Waals surface area contributed by atoms with E-state index in [0.717, 1.165) is 61.1 Å². The summed E-state index contributed by atoms with van der Waals surface area (Å²) in [4.78, 5) is 4.60. The molecule has 2 N–H and O–H groups in total. The van der Waals surface area contributed by atoms with Gasteiger partial charge in [0.05, 0.1) is 24.0 Å². The van der Waals surface area contributed by atoms with Crippen LogP contribution in [0.2, 0.25) is 0 Å². The Bertz CT molecular complexity index is 886. The first-order valence-corrected chi connectivity index (χ1v) is 9.87. The van der Waals surface area contributed by atoms with Gasteiger partial charge in [-0.05, 0) is 30.5 Å². The monoisotopic (exact) mass is 372 g/mol. The Labute approximate surface area is 167 Å². The molecule has 4 rings (SSSR count). The summed E-state index contributed by atoms with van der Waals surface area (Å²) in [6.07, 6.45) is 2.26. The Balaban J connectivity index is 1.40. The zero-order valence-corrected chi connectivity index (χ0v) is 16.3. The highest BCUT2D eigenvalue weighted by Crippen LogP contribution is 2.36. The van der Waals surface area contributed by atoms with Crippen molar-refractivity contribution in [1.82, 2.24) is 10.2 Å². The highest BCUT2D eigenvalue weighted by molar-refractivity contribution is 5.80. The van der Waals surface area contributed by atoms with Gasteiger partial charge in [-0.1, -0.05) is 62.2 Å². The van der Waals surface area contributed by atoms with E-state index in [0.29, 0.717) is 0 Å². The molecule has 2 aromatic carbocycles. The van der Waals surface area contributed by atoms with Crippen LogP contribution >= 0.6 is 0 Å². The van der Waals surface area contributed by atoms with Crippen molar-refractivity contribution in [3.63, 3.8) is 0 Å². The SMILES string of the molecule is C=C(NCc1ccccc1)C1CCCN1C(=C)CN1C(=C)Nc2ccccc21. The molecule has 28 heavy (non-hydrogen) atoms. The molecule has 0 aromatic heterocycles. The lowest BCUT2D eigenvalue weighted by Gasteiger charge is -2.33. The molecule has 2 aliphatic heterocycles. The van der Waals surface area contributed by atoms with Crippen molar-refractivity contribution < 1.29 is 0 Å². The largest absolute Gasteiger partial charge is 0.383 e. The number of hydrogen-bond acceptors (Lipinski definition) is 4. The predicted octanol–water partition coefficient (Wildman–Crippen LogP) is 4.67. The Kier molecular flexibility index (Phi) is 5.11. The van der Waals surface area contributed by atoms with E-state index in [1.54, 1.807) is 0 Å². The molecule has 0 spiro atoms. The molecule has 0 radical (unpaired) electrons. The number of fused-ring (bicyclic) bond motifs is 1. The van der Waals surface area contributed by atoms with E-state index >= 15 is 0 Å². The molecular weight excluding hydrogens is 344 g/mol. The molecule has 1 fully saturated rings. The number of anilines is 2. The second-order valence-corrected chi connectivity index (χ2v) is 7.46. The summed E-state index contributed by atoms with van der Waals surface area (Å²) in [5.41, 5.74) is 5.70. The number of likely N-dealkylation sites (tertiary alicyclic amines) is 1. The van der Waals surface area contributed by atoms with Gasteiger partial charge in [-0.2, -0.15) is 0 Å². The fraction of sp³-hybridized carbons (Fsp3) is 0.250. The lowest BCUT2D eigenvalue weighted by molar-refractivity contribution is 0.339. The van der Waals surface area contributed by atoms with Crippen molar-refractivity contribution in [1.29, 1.82) is 0 Å². The Morgan fingerprint density at radius 1 is 1.07 bits per heavy atom. The fourth-order valence-corrected chi connectivity index (χ4v) is 4.07. The van der Waals surface area contributed by atoms with Gasteiger partial charge in [0.2, 0.25) is 0 Å². The maximum atomic E-state index is 4.40. The van der Waals surface area contributed by atoms with E-state index in [9.17, 15) is 0 Å². The summed E-state index contributed by atoms with van der Waals surface area (Å²) in [5.74, 6) is 0.902. The topological polar surface area (TPSA) is 30.5 Å². The van der Waals surface area contributed by atoms with Crippen molar-refractivity contribution in [2.24, 2.45) is 0 Å². The van der Waals surface area contributed by atoms with E-state index in [1.165, 1.54) is 5.56 Å². The number of benzene rings is 2. The van der Waals surface area contributed by atoms with Crippen molar-refractivity contribution in [3.05, 3.63) is 97.1 Å². The molecule has 0 saturated carbocycles. The molecule has 1 saturated heterocycles. The summed E-state index contributed by atoms with van der Waals surface area (Å²) in [6, 6.07) is 19.0. The van der Waals surface area contributed by atoms with E-state index < -0.39 is 0 Å². The van der Waals surface area contributed by atoms with Crippen LogP contribution in [0.3, 0.4) is 0 Å². The highest BCUT2D eigenvalue weighted by atomic mass is 15.3. The molecule has 1 atom stereocenters. The van der Waals surface area contributed by atoms with Gasteiger partial charge in [0.15, 0.2) is 0 Å². The van der Waals surface area contributed by atoms with E-state index in [2.05, 4.69) is 82.6 Å². The van der Waals surface area contributed by atoms with E-state index in [4.69, 9.17) is 0 Å². The van der Waals surface area contributed by atoms with Gasteiger partial charge >= 0.3 is 0 Å². The van der Waals surface area contributed by atoms with Crippen molar-refractivity contribution >= 4 is 11.4 Å². The van der Waals surface area contributed by atoms with Crippen LogP contribution < -0.4 is 15.5 Å². The lowest BCUT2D eigenvalue weighted by atomic mass is 10.1. The predicted molar refractivity (Wildman–Crippen MR) is 118 cm³/mol. The molecule has 0 bridgehead atoms. The Hall–Kier alpha value is -3.14. The van der Waals surface area contributed by atoms with E-state index in [-0.39, 0.29) is 6.04 Å². The average Bonchev–Trinajstić information content (AvgIpc) is 3.32. The smallest absolute Gasteiger partial charge is 0.103 e. The van der Waals surface area contributed by atoms with Gasteiger partial charge in [-0.3, -0.25) is 0 Å². The van der Waals surface area contributed by atoms with E-state index in [1.807, 2.05) is 12.1 Å². The zero-order chi connectivity index (χ0) is 19.5. The van der Waals surface area contributed by atoms with Crippen LogP contribution in [0.25, 0.3) is 0 Å². The molecule has 1 unspecified atom stereocenters. The third-order valence-corrected chi connectivity index (χ3v) is 5.56. The number of nitrogens with zero attached hydrogens (tertiary/aromatic N) is 2. The minimum absolute atomic E-state index is 0.287. The average molecular weight is 373 g/mol. The molecule has 2 heterocycles. The number of rotatable bonds is 7. The molecule has 4 heteroatoms. The van der Waals surface area contributed by atoms with Gasteiger partial charge < -0.3 is 20.4 Å². The maximum Gasteiger partial charge on any atom is 0.103 e. The molecule has 2 aromatic rings. The first-order valence-electron chi connectivity index (χ1n) is 9.87. The molecule has 144 valence electrons. The lowest BCUT2D eigenvalue weighted by Crippen LogP contribution is -2.38. The van der Waals surface area contributed by atoms with Crippen molar-refractivity contribution in [2.75, 3.05) is 23.3 Å². The van der Waals surface area contributed by atoms with Crippen LogP contribution in [0.5, 0.6) is 0 Å². The van der Waals surface area contributed by atoms with Gasteiger partial charge in [-0.15, -0.1) is 0 Å². The number of para-hydroxylation sites is 2. The first-order chi connectivity index (χ1) is 13.6.